The zero-order chi connectivity index (χ0) is 14.3. The minimum Gasteiger partial charge on any atom is -1.00 e. The predicted molar refractivity (Wildman–Crippen MR) is 83.7 cm³/mol. The average molecular weight is 306 g/mol. The molecule has 3 heteroatoms. The predicted octanol–water partition coefficient (Wildman–Crippen LogP) is 0.736. The molecule has 21 heavy (non-hydrogen) atoms. The molecule has 0 fully saturated rings. The molecule has 0 saturated carbocycles. The Kier molecular flexibility index (Phi) is 7.27. The molecule has 0 aliphatic carbocycles. The van der Waals surface area contributed by atoms with Crippen molar-refractivity contribution in [2.75, 3.05) is 27.2 Å². The molecule has 0 heterocycles. The van der Waals surface area contributed by atoms with Crippen molar-refractivity contribution < 1.29 is 21.6 Å². The third kappa shape index (κ3) is 6.65. The van der Waals surface area contributed by atoms with Crippen LogP contribution >= 0.6 is 0 Å². The van der Waals surface area contributed by atoms with Crippen molar-refractivity contribution in [3.63, 3.8) is 0 Å². The van der Waals surface area contributed by atoms with Crippen LogP contribution in [0.4, 0.5) is 0 Å². The van der Waals surface area contributed by atoms with Crippen LogP contribution in [0.2, 0.25) is 0 Å². The van der Waals surface area contributed by atoms with Gasteiger partial charge in [-0.05, 0) is 12.1 Å². The van der Waals surface area contributed by atoms with E-state index in [1.165, 1.54) is 5.56 Å². The second kappa shape index (κ2) is 8.71. The summed E-state index contributed by atoms with van der Waals surface area (Å²) in [4.78, 5) is 0. The van der Waals surface area contributed by atoms with Crippen molar-refractivity contribution in [3.8, 4) is 5.75 Å². The van der Waals surface area contributed by atoms with Crippen LogP contribution in [-0.2, 0) is 6.54 Å². The maximum atomic E-state index is 5.74. The van der Waals surface area contributed by atoms with Crippen LogP contribution < -0.4 is 17.1 Å². The van der Waals surface area contributed by atoms with Gasteiger partial charge in [-0.2, -0.15) is 0 Å². The van der Waals surface area contributed by atoms with E-state index in [1.54, 1.807) is 0 Å². The van der Waals surface area contributed by atoms with Crippen molar-refractivity contribution in [2.45, 2.75) is 13.0 Å². The number of para-hydroxylation sites is 1. The monoisotopic (exact) mass is 305 g/mol. The highest BCUT2D eigenvalue weighted by molar-refractivity contribution is 5.20. The number of hydrogen-bond donors (Lipinski definition) is 0. The van der Waals surface area contributed by atoms with Crippen LogP contribution in [0.5, 0.6) is 5.75 Å². The van der Waals surface area contributed by atoms with Crippen LogP contribution in [-0.4, -0.2) is 31.7 Å². The SMILES string of the molecule is C[N+](C)(CCCOc1ccccc1)Cc1ccccc1.[Cl-]. The van der Waals surface area contributed by atoms with E-state index in [0.717, 1.165) is 36.3 Å². The molecule has 2 rings (SSSR count). The zero-order valence-electron chi connectivity index (χ0n) is 12.8. The van der Waals surface area contributed by atoms with Gasteiger partial charge in [0, 0.05) is 12.0 Å². The first-order chi connectivity index (χ1) is 9.66. The maximum Gasteiger partial charge on any atom is 0.119 e. The van der Waals surface area contributed by atoms with Crippen molar-refractivity contribution in [2.24, 2.45) is 0 Å². The maximum absolute atomic E-state index is 5.74. The van der Waals surface area contributed by atoms with Gasteiger partial charge in [-0.3, -0.25) is 0 Å². The Balaban J connectivity index is 0.00000220. The van der Waals surface area contributed by atoms with Crippen molar-refractivity contribution in [1.82, 2.24) is 0 Å². The number of rotatable bonds is 7. The Hall–Kier alpha value is -1.51. The average Bonchev–Trinajstić information content (AvgIpc) is 2.45. The summed E-state index contributed by atoms with van der Waals surface area (Å²) in [6.07, 6.45) is 1.06. The van der Waals surface area contributed by atoms with Gasteiger partial charge in [0.05, 0.1) is 27.2 Å². The van der Waals surface area contributed by atoms with Crippen LogP contribution in [0.25, 0.3) is 0 Å². The van der Waals surface area contributed by atoms with E-state index in [1.807, 2.05) is 30.3 Å². The first-order valence-corrected chi connectivity index (χ1v) is 7.19. The summed E-state index contributed by atoms with van der Waals surface area (Å²) in [5.74, 6) is 0.959. The van der Waals surface area contributed by atoms with Gasteiger partial charge in [-0.15, -0.1) is 0 Å². The molecule has 2 nitrogen and oxygen atoms in total. The summed E-state index contributed by atoms with van der Waals surface area (Å²) in [5.41, 5.74) is 1.39. The lowest BCUT2D eigenvalue weighted by atomic mass is 10.2. The molecule has 0 N–H and O–H groups in total. The minimum atomic E-state index is 0. The van der Waals surface area contributed by atoms with Crippen LogP contribution in [0.3, 0.4) is 0 Å². The van der Waals surface area contributed by atoms with E-state index < -0.39 is 0 Å². The molecule has 0 amide bonds. The Morgan fingerprint density at radius 2 is 1.43 bits per heavy atom. The number of quaternary nitrogens is 1. The lowest BCUT2D eigenvalue weighted by molar-refractivity contribution is -0.903. The van der Waals surface area contributed by atoms with Gasteiger partial charge >= 0.3 is 0 Å². The lowest BCUT2D eigenvalue weighted by Gasteiger charge is -2.30. The van der Waals surface area contributed by atoms with Crippen LogP contribution in [0, 0.1) is 0 Å². The van der Waals surface area contributed by atoms with Crippen molar-refractivity contribution in [1.29, 1.82) is 0 Å². The standard InChI is InChI=1S/C18H24NO.ClH/c1-19(2,16-17-10-5-3-6-11-17)14-9-15-20-18-12-7-4-8-13-18;/h3-8,10-13H,9,14-16H2,1-2H3;1H/q+1;/p-1. The molecule has 0 aliphatic heterocycles. The molecule has 2 aromatic carbocycles. The highest BCUT2D eigenvalue weighted by atomic mass is 35.5. The van der Waals surface area contributed by atoms with Gasteiger partial charge in [-0.25, -0.2) is 0 Å². The largest absolute Gasteiger partial charge is 1.00 e. The van der Waals surface area contributed by atoms with Crippen molar-refractivity contribution >= 4 is 0 Å². The number of ether oxygens (including phenoxy) is 1. The van der Waals surface area contributed by atoms with Gasteiger partial charge < -0.3 is 21.6 Å². The highest BCUT2D eigenvalue weighted by Crippen LogP contribution is 2.11. The molecule has 0 unspecified atom stereocenters. The molecule has 0 aliphatic rings. The second-order valence-corrected chi connectivity index (χ2v) is 5.82. The molecule has 0 radical (unpaired) electrons. The fourth-order valence-corrected chi connectivity index (χ4v) is 2.36. The third-order valence-electron chi connectivity index (χ3n) is 3.37. The zero-order valence-corrected chi connectivity index (χ0v) is 13.6. The Bertz CT molecular complexity index is 499. The Labute approximate surface area is 134 Å². The number of benzene rings is 2. The minimum absolute atomic E-state index is 0. The van der Waals surface area contributed by atoms with E-state index in [0.29, 0.717) is 0 Å². The van der Waals surface area contributed by atoms with E-state index in [4.69, 9.17) is 4.74 Å². The molecule has 0 saturated heterocycles. The number of nitrogens with zero attached hydrogens (tertiary/aromatic N) is 1. The summed E-state index contributed by atoms with van der Waals surface area (Å²) in [7, 11) is 4.55. The topological polar surface area (TPSA) is 9.23 Å². The molecule has 0 aromatic heterocycles. The molecular weight excluding hydrogens is 282 g/mol. The van der Waals surface area contributed by atoms with Crippen LogP contribution in [0.1, 0.15) is 12.0 Å². The van der Waals surface area contributed by atoms with Gasteiger partial charge in [0.15, 0.2) is 0 Å². The van der Waals surface area contributed by atoms with E-state index in [9.17, 15) is 0 Å². The molecular formula is C18H24ClNO. The molecule has 0 spiro atoms. The summed E-state index contributed by atoms with van der Waals surface area (Å²) in [6, 6.07) is 20.7. The first kappa shape index (κ1) is 17.5. The lowest BCUT2D eigenvalue weighted by Crippen LogP contribution is -3.00. The van der Waals surface area contributed by atoms with E-state index >= 15 is 0 Å². The fourth-order valence-electron chi connectivity index (χ4n) is 2.36. The second-order valence-electron chi connectivity index (χ2n) is 5.82. The van der Waals surface area contributed by atoms with Gasteiger partial charge in [0.2, 0.25) is 0 Å². The number of halogens is 1. The smallest absolute Gasteiger partial charge is 0.119 e. The molecule has 2 aromatic rings. The van der Waals surface area contributed by atoms with Gasteiger partial charge in [-0.1, -0.05) is 48.5 Å². The van der Waals surface area contributed by atoms with Gasteiger partial charge in [0.25, 0.3) is 0 Å². The summed E-state index contributed by atoms with van der Waals surface area (Å²) in [6.45, 7) is 2.95. The quantitative estimate of drug-likeness (QED) is 0.541. The number of hydrogen-bond acceptors (Lipinski definition) is 1. The molecule has 0 atom stereocenters. The normalized spacial score (nSPS) is 10.8. The third-order valence-corrected chi connectivity index (χ3v) is 3.37. The molecule has 0 bridgehead atoms. The van der Waals surface area contributed by atoms with Gasteiger partial charge in [0.1, 0.15) is 12.3 Å². The first-order valence-electron chi connectivity index (χ1n) is 7.19. The van der Waals surface area contributed by atoms with E-state index in [2.05, 4.69) is 44.4 Å². The van der Waals surface area contributed by atoms with E-state index in [-0.39, 0.29) is 12.4 Å². The Morgan fingerprint density at radius 3 is 2.05 bits per heavy atom. The Morgan fingerprint density at radius 1 is 0.857 bits per heavy atom. The molecule has 114 valence electrons. The summed E-state index contributed by atoms with van der Waals surface area (Å²) < 4.78 is 6.73. The summed E-state index contributed by atoms with van der Waals surface area (Å²) in [5, 5.41) is 0. The van der Waals surface area contributed by atoms with Crippen molar-refractivity contribution in [3.05, 3.63) is 66.2 Å². The summed E-state index contributed by atoms with van der Waals surface area (Å²) >= 11 is 0. The fraction of sp³-hybridized carbons (Fsp3) is 0.333. The van der Waals surface area contributed by atoms with Crippen LogP contribution in [0.15, 0.2) is 60.7 Å². The highest BCUT2D eigenvalue weighted by Gasteiger charge is 2.15.